The van der Waals surface area contributed by atoms with E-state index in [4.69, 9.17) is 4.55 Å². The lowest BCUT2D eigenvalue weighted by molar-refractivity contribution is -0.114. The molecule has 3 saturated carbocycles. The Morgan fingerprint density at radius 3 is 2.50 bits per heavy atom. The Kier molecular flexibility index (Phi) is 3.78. The van der Waals surface area contributed by atoms with Crippen LogP contribution >= 0.6 is 0 Å². The zero-order valence-electron chi connectivity index (χ0n) is 11.5. The average molecular weight is 275 g/mol. The fraction of sp³-hybridized carbons (Fsp3) is 1.00. The fourth-order valence-electron chi connectivity index (χ4n) is 3.96. The minimum Gasteiger partial charge on any atom is -0.314 e. The van der Waals surface area contributed by atoms with Gasteiger partial charge in [-0.05, 0) is 49.0 Å². The summed E-state index contributed by atoms with van der Waals surface area (Å²) in [4.78, 5) is 0. The lowest BCUT2D eigenvalue weighted by atomic mass is 9.45. The molecule has 18 heavy (non-hydrogen) atoms. The van der Waals surface area contributed by atoms with Gasteiger partial charge in [-0.15, -0.1) is 0 Å². The van der Waals surface area contributed by atoms with E-state index in [1.807, 2.05) is 0 Å². The average Bonchev–Trinajstić information content (AvgIpc) is 2.24. The van der Waals surface area contributed by atoms with E-state index in [1.54, 1.807) is 0 Å². The molecule has 3 aliphatic rings. The van der Waals surface area contributed by atoms with Crippen molar-refractivity contribution in [2.75, 3.05) is 12.3 Å². The predicted molar refractivity (Wildman–Crippen MR) is 72.0 cm³/mol. The highest BCUT2D eigenvalue weighted by molar-refractivity contribution is 7.85. The molecule has 2 bridgehead atoms. The van der Waals surface area contributed by atoms with Crippen LogP contribution < -0.4 is 5.32 Å². The van der Waals surface area contributed by atoms with E-state index in [9.17, 15) is 8.42 Å². The number of nitrogens with one attached hydrogen (secondary N) is 1. The summed E-state index contributed by atoms with van der Waals surface area (Å²) in [6.45, 7) is 7.73. The largest absolute Gasteiger partial charge is 0.314 e. The van der Waals surface area contributed by atoms with Crippen LogP contribution in [0.5, 0.6) is 0 Å². The van der Waals surface area contributed by atoms with Crippen LogP contribution in [0.2, 0.25) is 0 Å². The van der Waals surface area contributed by atoms with Gasteiger partial charge in [-0.3, -0.25) is 4.55 Å². The SMILES string of the molecule is CC1[C@H]2C[C@@H](C[C@H]1NCCCS(=O)(=O)O)C2(C)C. The smallest absolute Gasteiger partial charge is 0.264 e. The molecule has 0 aliphatic heterocycles. The van der Waals surface area contributed by atoms with Gasteiger partial charge in [0.1, 0.15) is 0 Å². The molecular formula is C13H25NO3S. The van der Waals surface area contributed by atoms with Crippen molar-refractivity contribution in [1.82, 2.24) is 5.32 Å². The summed E-state index contributed by atoms with van der Waals surface area (Å²) < 4.78 is 29.9. The normalized spacial score (nSPS) is 38.2. The van der Waals surface area contributed by atoms with E-state index in [2.05, 4.69) is 26.1 Å². The lowest BCUT2D eigenvalue weighted by Gasteiger charge is -2.62. The topological polar surface area (TPSA) is 66.4 Å². The van der Waals surface area contributed by atoms with Crippen LogP contribution in [0.4, 0.5) is 0 Å². The molecular weight excluding hydrogens is 250 g/mol. The van der Waals surface area contributed by atoms with Gasteiger partial charge >= 0.3 is 0 Å². The molecule has 0 aromatic carbocycles. The second-order valence-corrected chi connectivity index (χ2v) is 8.23. The highest BCUT2D eigenvalue weighted by atomic mass is 32.2. The summed E-state index contributed by atoms with van der Waals surface area (Å²) in [5.41, 5.74) is 0.492. The summed E-state index contributed by atoms with van der Waals surface area (Å²) in [5.74, 6) is 2.14. The van der Waals surface area contributed by atoms with Crippen molar-refractivity contribution in [3.05, 3.63) is 0 Å². The third kappa shape index (κ3) is 2.73. The highest BCUT2D eigenvalue weighted by Gasteiger charge is 2.55. The van der Waals surface area contributed by atoms with Crippen molar-refractivity contribution < 1.29 is 13.0 Å². The van der Waals surface area contributed by atoms with Crippen LogP contribution in [-0.2, 0) is 10.1 Å². The summed E-state index contributed by atoms with van der Waals surface area (Å²) in [5, 5.41) is 3.47. The minimum atomic E-state index is -3.80. The van der Waals surface area contributed by atoms with Gasteiger partial charge in [0.15, 0.2) is 0 Å². The lowest BCUT2D eigenvalue weighted by Crippen LogP contribution is -2.60. The molecule has 3 rings (SSSR count). The second-order valence-electron chi connectivity index (χ2n) is 6.66. The van der Waals surface area contributed by atoms with Gasteiger partial charge in [-0.1, -0.05) is 20.8 Å². The van der Waals surface area contributed by atoms with Gasteiger partial charge in [0.25, 0.3) is 10.1 Å². The molecule has 0 aromatic rings. The molecule has 4 nitrogen and oxygen atoms in total. The Labute approximate surface area is 110 Å². The van der Waals surface area contributed by atoms with E-state index in [-0.39, 0.29) is 5.75 Å². The Bertz CT molecular complexity index is 404. The van der Waals surface area contributed by atoms with Crippen molar-refractivity contribution in [2.24, 2.45) is 23.2 Å². The molecule has 2 N–H and O–H groups in total. The van der Waals surface area contributed by atoms with Gasteiger partial charge in [0, 0.05) is 6.04 Å². The molecule has 0 heterocycles. The van der Waals surface area contributed by atoms with E-state index in [0.717, 1.165) is 11.8 Å². The van der Waals surface area contributed by atoms with Crippen LogP contribution in [0, 0.1) is 23.2 Å². The number of hydrogen-bond donors (Lipinski definition) is 2. The van der Waals surface area contributed by atoms with E-state index in [1.165, 1.54) is 12.8 Å². The Balaban J connectivity index is 1.76. The van der Waals surface area contributed by atoms with Gasteiger partial charge in [0.05, 0.1) is 5.75 Å². The van der Waals surface area contributed by atoms with Gasteiger partial charge in [-0.2, -0.15) is 8.42 Å². The third-order valence-corrected chi connectivity index (χ3v) is 6.14. The van der Waals surface area contributed by atoms with Crippen molar-refractivity contribution in [1.29, 1.82) is 0 Å². The van der Waals surface area contributed by atoms with E-state index < -0.39 is 10.1 Å². The van der Waals surface area contributed by atoms with Crippen LogP contribution in [0.1, 0.15) is 40.0 Å². The summed E-state index contributed by atoms with van der Waals surface area (Å²) >= 11 is 0. The summed E-state index contributed by atoms with van der Waals surface area (Å²) in [7, 11) is -3.80. The molecule has 4 atom stereocenters. The van der Waals surface area contributed by atoms with Crippen molar-refractivity contribution in [3.8, 4) is 0 Å². The van der Waals surface area contributed by atoms with Gasteiger partial charge in [-0.25, -0.2) is 0 Å². The molecule has 1 unspecified atom stereocenters. The maximum Gasteiger partial charge on any atom is 0.264 e. The predicted octanol–water partition coefficient (Wildman–Crippen LogP) is 1.92. The zero-order valence-corrected chi connectivity index (χ0v) is 12.3. The molecule has 0 aromatic heterocycles. The van der Waals surface area contributed by atoms with E-state index in [0.29, 0.717) is 30.3 Å². The maximum atomic E-state index is 10.6. The van der Waals surface area contributed by atoms with Crippen LogP contribution in [0.15, 0.2) is 0 Å². The van der Waals surface area contributed by atoms with Gasteiger partial charge < -0.3 is 5.32 Å². The number of rotatable bonds is 5. The molecule has 0 spiro atoms. The maximum absolute atomic E-state index is 10.6. The first-order valence-electron chi connectivity index (χ1n) is 6.90. The quantitative estimate of drug-likeness (QED) is 0.594. The molecule has 0 saturated heterocycles. The van der Waals surface area contributed by atoms with Crippen LogP contribution in [0.3, 0.4) is 0 Å². The van der Waals surface area contributed by atoms with Gasteiger partial charge in [0.2, 0.25) is 0 Å². The minimum absolute atomic E-state index is 0.139. The fourth-order valence-corrected chi connectivity index (χ4v) is 4.47. The molecule has 3 aliphatic carbocycles. The van der Waals surface area contributed by atoms with Crippen molar-refractivity contribution >= 4 is 10.1 Å². The molecule has 0 radical (unpaired) electrons. The number of fused-ring (bicyclic) bond motifs is 2. The highest BCUT2D eigenvalue weighted by Crippen LogP contribution is 2.61. The number of hydrogen-bond acceptors (Lipinski definition) is 3. The summed E-state index contributed by atoms with van der Waals surface area (Å²) in [6, 6.07) is 0.517. The van der Waals surface area contributed by atoms with Crippen molar-refractivity contribution in [2.45, 2.75) is 46.1 Å². The first-order chi connectivity index (χ1) is 8.22. The Morgan fingerprint density at radius 1 is 1.33 bits per heavy atom. The van der Waals surface area contributed by atoms with E-state index >= 15 is 0 Å². The standard InChI is InChI=1S/C13H25NO3S/c1-9-11-7-10(13(11,2)3)8-12(9)14-5-4-6-18(15,16)17/h9-12,14H,4-8H2,1-3H3,(H,15,16,17)/t9?,10-,11+,12+/m0/s1. The third-order valence-electron chi connectivity index (χ3n) is 5.34. The first kappa shape index (κ1) is 14.3. The van der Waals surface area contributed by atoms with Crippen LogP contribution in [-0.4, -0.2) is 31.3 Å². The molecule has 3 fully saturated rings. The first-order valence-corrected chi connectivity index (χ1v) is 8.51. The Hall–Kier alpha value is -0.130. The van der Waals surface area contributed by atoms with Crippen LogP contribution in [0.25, 0.3) is 0 Å². The zero-order chi connectivity index (χ0) is 13.6. The molecule has 0 amide bonds. The Morgan fingerprint density at radius 2 is 2.00 bits per heavy atom. The second kappa shape index (κ2) is 4.76. The summed E-state index contributed by atoms with van der Waals surface area (Å²) in [6.07, 6.45) is 3.05. The molecule has 5 heteroatoms. The molecule has 106 valence electrons. The van der Waals surface area contributed by atoms with Crippen molar-refractivity contribution in [3.63, 3.8) is 0 Å². The monoisotopic (exact) mass is 275 g/mol.